The van der Waals surface area contributed by atoms with E-state index in [1.165, 1.54) is 96.3 Å². The molecule has 2 heteroatoms. The topological polar surface area (TPSA) is 18.5 Å². The summed E-state index contributed by atoms with van der Waals surface area (Å²) in [5.74, 6) is 4.25. The van der Waals surface area contributed by atoms with Gasteiger partial charge in [-0.25, -0.2) is 0 Å². The Morgan fingerprint density at radius 2 is 1.28 bits per heavy atom. The van der Waals surface area contributed by atoms with E-state index in [-0.39, 0.29) is 27.6 Å². The first-order chi connectivity index (χ1) is 21.7. The molecule has 0 bridgehead atoms. The summed E-state index contributed by atoms with van der Waals surface area (Å²) in [6.45, 7) is 29.6. The van der Waals surface area contributed by atoms with Crippen molar-refractivity contribution in [3.8, 4) is 0 Å². The molecular weight excluding hydrogens is 560 g/mol. The molecule has 0 heterocycles. The molecule has 0 radical (unpaired) electrons. The Bertz CT molecular complexity index is 885. The lowest BCUT2D eigenvalue weighted by Gasteiger charge is -2.52. The summed E-state index contributed by atoms with van der Waals surface area (Å²) >= 11 is 0. The van der Waals surface area contributed by atoms with Crippen LogP contribution in [0.4, 0.5) is 0 Å². The Labute approximate surface area is 290 Å². The van der Waals surface area contributed by atoms with Gasteiger partial charge in [0, 0.05) is 7.11 Å². The molecule has 0 aromatic rings. The standard InChI is InChI=1S/C44H84O2/c1-14-26-40(10,15-2)43(17-4,18-5)46-41(11,16-3)33-37-31-35(37)25-29-42(12,44(19-6,20-7)45-13)38-32-36(38)30-34(8)39(9)27-23-21-22-24-28-39/h34-38H,14-33H2,1-13H3. The summed E-state index contributed by atoms with van der Waals surface area (Å²) in [4.78, 5) is 0. The summed E-state index contributed by atoms with van der Waals surface area (Å²) in [6.07, 6.45) is 26.2. The van der Waals surface area contributed by atoms with Crippen LogP contribution < -0.4 is 0 Å². The number of rotatable bonds is 22. The van der Waals surface area contributed by atoms with Crippen LogP contribution in [0, 0.1) is 45.8 Å². The number of hydrogen-bond donors (Lipinski definition) is 0. The van der Waals surface area contributed by atoms with Gasteiger partial charge >= 0.3 is 0 Å². The average molecular weight is 645 g/mol. The van der Waals surface area contributed by atoms with E-state index in [1.54, 1.807) is 0 Å². The zero-order valence-electron chi connectivity index (χ0n) is 33.8. The Balaban J connectivity index is 1.70. The van der Waals surface area contributed by atoms with E-state index in [0.717, 1.165) is 61.7 Å². The molecule has 0 spiro atoms. The number of hydrogen-bond acceptors (Lipinski definition) is 2. The highest BCUT2D eigenvalue weighted by molar-refractivity contribution is 5.09. The van der Waals surface area contributed by atoms with Gasteiger partial charge in [-0.05, 0) is 149 Å². The van der Waals surface area contributed by atoms with Crippen molar-refractivity contribution < 1.29 is 9.47 Å². The van der Waals surface area contributed by atoms with E-state index in [9.17, 15) is 0 Å². The van der Waals surface area contributed by atoms with Crippen molar-refractivity contribution in [1.82, 2.24) is 0 Å². The van der Waals surface area contributed by atoms with Crippen LogP contribution in [0.5, 0.6) is 0 Å². The van der Waals surface area contributed by atoms with Gasteiger partial charge in [0.15, 0.2) is 0 Å². The van der Waals surface area contributed by atoms with Crippen molar-refractivity contribution in [2.45, 2.75) is 228 Å². The average Bonchev–Trinajstić information content (AvgIpc) is 3.98. The first-order valence-corrected chi connectivity index (χ1v) is 20.9. The SMILES string of the molecule is CCCC(C)(CC)C(CC)(CC)OC(C)(CC)CC1CC1CCC(C)(C1CC1CC(C)C1(C)CCCCCC1)C(CC)(CC)OC. The van der Waals surface area contributed by atoms with Gasteiger partial charge in [0.2, 0.25) is 0 Å². The first kappa shape index (κ1) is 40.4. The molecule has 46 heavy (non-hydrogen) atoms. The molecule has 8 unspecified atom stereocenters. The molecular formula is C44H84O2. The van der Waals surface area contributed by atoms with Gasteiger partial charge in [0.25, 0.3) is 0 Å². The maximum Gasteiger partial charge on any atom is 0.0737 e. The molecule has 0 saturated heterocycles. The van der Waals surface area contributed by atoms with Crippen LogP contribution in [0.1, 0.15) is 212 Å². The van der Waals surface area contributed by atoms with Gasteiger partial charge in [-0.1, -0.05) is 108 Å². The van der Waals surface area contributed by atoms with Gasteiger partial charge in [0.05, 0.1) is 16.8 Å². The fourth-order valence-corrected chi connectivity index (χ4v) is 11.7. The van der Waals surface area contributed by atoms with Crippen LogP contribution in [-0.4, -0.2) is 23.9 Å². The number of ether oxygens (including phenoxy) is 2. The predicted octanol–water partition coefficient (Wildman–Crippen LogP) is 14.0. The third-order valence-electron chi connectivity index (χ3n) is 16.2. The maximum atomic E-state index is 7.48. The monoisotopic (exact) mass is 645 g/mol. The van der Waals surface area contributed by atoms with Crippen molar-refractivity contribution in [3.05, 3.63) is 0 Å². The smallest absolute Gasteiger partial charge is 0.0737 e. The van der Waals surface area contributed by atoms with Gasteiger partial charge in [-0.2, -0.15) is 0 Å². The second-order valence-electron chi connectivity index (χ2n) is 18.4. The summed E-state index contributed by atoms with van der Waals surface area (Å²) in [5, 5.41) is 0. The normalized spacial score (nSPS) is 29.7. The molecule has 272 valence electrons. The largest absolute Gasteiger partial charge is 0.378 e. The van der Waals surface area contributed by atoms with Crippen molar-refractivity contribution in [2.75, 3.05) is 7.11 Å². The molecule has 2 nitrogen and oxygen atoms in total. The van der Waals surface area contributed by atoms with Crippen LogP contribution in [0.2, 0.25) is 0 Å². The quantitative estimate of drug-likeness (QED) is 0.109. The fraction of sp³-hybridized carbons (Fsp3) is 1.00. The third kappa shape index (κ3) is 8.27. The van der Waals surface area contributed by atoms with Crippen LogP contribution in [0.25, 0.3) is 0 Å². The van der Waals surface area contributed by atoms with E-state index >= 15 is 0 Å². The Kier molecular flexibility index (Phi) is 14.3. The van der Waals surface area contributed by atoms with Crippen LogP contribution >= 0.6 is 0 Å². The molecule has 3 rings (SSSR count). The highest BCUT2D eigenvalue weighted by Crippen LogP contribution is 2.64. The fourth-order valence-electron chi connectivity index (χ4n) is 11.7. The predicted molar refractivity (Wildman–Crippen MR) is 201 cm³/mol. The van der Waals surface area contributed by atoms with Crippen LogP contribution in [0.15, 0.2) is 0 Å². The molecule has 0 aromatic heterocycles. The molecule has 0 aliphatic heterocycles. The highest BCUT2D eigenvalue weighted by Gasteiger charge is 2.60. The van der Waals surface area contributed by atoms with Gasteiger partial charge < -0.3 is 9.47 Å². The minimum Gasteiger partial charge on any atom is -0.378 e. The van der Waals surface area contributed by atoms with Crippen molar-refractivity contribution in [3.63, 3.8) is 0 Å². The summed E-state index contributed by atoms with van der Waals surface area (Å²) < 4.78 is 14.1. The van der Waals surface area contributed by atoms with Crippen LogP contribution in [0.3, 0.4) is 0 Å². The van der Waals surface area contributed by atoms with Crippen molar-refractivity contribution in [2.24, 2.45) is 45.8 Å². The molecule has 0 aromatic carbocycles. The molecule has 0 N–H and O–H groups in total. The summed E-state index contributed by atoms with van der Waals surface area (Å²) in [5.41, 5.74) is 0.995. The molecule has 3 aliphatic carbocycles. The molecule has 3 aliphatic rings. The minimum atomic E-state index is -0.0339. The van der Waals surface area contributed by atoms with Crippen molar-refractivity contribution in [1.29, 1.82) is 0 Å². The van der Waals surface area contributed by atoms with E-state index in [2.05, 4.69) is 83.1 Å². The third-order valence-corrected chi connectivity index (χ3v) is 16.2. The lowest BCUT2D eigenvalue weighted by molar-refractivity contribution is -0.216. The first-order valence-electron chi connectivity index (χ1n) is 20.9. The molecule has 3 saturated carbocycles. The molecule has 0 amide bonds. The highest BCUT2D eigenvalue weighted by atomic mass is 16.5. The lowest BCUT2D eigenvalue weighted by atomic mass is 9.62. The second kappa shape index (κ2) is 16.3. The molecule has 8 atom stereocenters. The summed E-state index contributed by atoms with van der Waals surface area (Å²) in [7, 11) is 2.03. The zero-order chi connectivity index (χ0) is 34.4. The Morgan fingerprint density at radius 3 is 1.76 bits per heavy atom. The van der Waals surface area contributed by atoms with E-state index < -0.39 is 0 Å². The lowest BCUT2D eigenvalue weighted by Crippen LogP contribution is -2.53. The number of methoxy groups -OCH3 is 1. The summed E-state index contributed by atoms with van der Waals surface area (Å²) in [6, 6.07) is 0. The van der Waals surface area contributed by atoms with Gasteiger partial charge in [-0.3, -0.25) is 0 Å². The van der Waals surface area contributed by atoms with E-state index in [4.69, 9.17) is 9.47 Å². The zero-order valence-corrected chi connectivity index (χ0v) is 33.8. The van der Waals surface area contributed by atoms with Gasteiger partial charge in [0.1, 0.15) is 0 Å². The van der Waals surface area contributed by atoms with Crippen molar-refractivity contribution >= 4 is 0 Å². The second-order valence-corrected chi connectivity index (χ2v) is 18.4. The van der Waals surface area contributed by atoms with E-state index in [0.29, 0.717) is 5.41 Å². The molecule has 3 fully saturated rings. The Hall–Kier alpha value is -0.0800. The van der Waals surface area contributed by atoms with Gasteiger partial charge in [-0.15, -0.1) is 0 Å². The van der Waals surface area contributed by atoms with Crippen LogP contribution in [-0.2, 0) is 9.47 Å². The minimum absolute atomic E-state index is 0.000945. The Morgan fingerprint density at radius 1 is 0.696 bits per heavy atom. The maximum absolute atomic E-state index is 7.48. The van der Waals surface area contributed by atoms with E-state index in [1.807, 2.05) is 7.11 Å².